The van der Waals surface area contributed by atoms with E-state index in [4.69, 9.17) is 16.7 Å². The molecular formula is C8H5ClF3NO2. The Hall–Kier alpha value is -1.30. The Morgan fingerprint density at radius 1 is 1.60 bits per heavy atom. The van der Waals surface area contributed by atoms with Crippen LogP contribution in [-0.2, 0) is 11.2 Å². The van der Waals surface area contributed by atoms with Gasteiger partial charge in [0.05, 0.1) is 12.0 Å². The van der Waals surface area contributed by atoms with Crippen molar-refractivity contribution in [1.82, 2.24) is 4.98 Å². The highest BCUT2D eigenvalue weighted by molar-refractivity contribution is 6.29. The second kappa shape index (κ2) is 4.48. The van der Waals surface area contributed by atoms with E-state index in [9.17, 15) is 18.0 Å². The van der Waals surface area contributed by atoms with Gasteiger partial charge in [-0.2, -0.15) is 4.39 Å². The van der Waals surface area contributed by atoms with Crippen LogP contribution >= 0.6 is 11.6 Å². The molecule has 1 heterocycles. The molecule has 0 aliphatic rings. The minimum absolute atomic E-state index is 0.354. The standard InChI is InChI=1S/C8H5ClF3NO2/c9-4-1-3(2-5(14)15)6(7(10)11)8(12)13-4/h1,7H,2H2,(H,14,15). The zero-order valence-electron chi connectivity index (χ0n) is 7.18. The Morgan fingerprint density at radius 3 is 2.67 bits per heavy atom. The number of hydrogen-bond acceptors (Lipinski definition) is 2. The molecule has 1 aromatic heterocycles. The smallest absolute Gasteiger partial charge is 0.307 e. The number of carbonyl (C=O) groups is 1. The molecule has 7 heteroatoms. The summed E-state index contributed by atoms with van der Waals surface area (Å²) in [5.74, 6) is -2.78. The van der Waals surface area contributed by atoms with Gasteiger partial charge < -0.3 is 5.11 Å². The van der Waals surface area contributed by atoms with E-state index >= 15 is 0 Å². The molecule has 0 aliphatic heterocycles. The van der Waals surface area contributed by atoms with Crippen LogP contribution in [0.25, 0.3) is 0 Å². The molecule has 0 saturated heterocycles. The second-order valence-corrected chi connectivity index (χ2v) is 3.07. The number of rotatable bonds is 3. The number of halogens is 4. The lowest BCUT2D eigenvalue weighted by Crippen LogP contribution is -2.07. The molecule has 0 spiro atoms. The maximum absolute atomic E-state index is 12.9. The summed E-state index contributed by atoms with van der Waals surface area (Å²) >= 11 is 5.32. The van der Waals surface area contributed by atoms with Gasteiger partial charge in [0.25, 0.3) is 6.43 Å². The lowest BCUT2D eigenvalue weighted by molar-refractivity contribution is -0.136. The second-order valence-electron chi connectivity index (χ2n) is 2.68. The molecular weight excluding hydrogens is 235 g/mol. The van der Waals surface area contributed by atoms with Gasteiger partial charge in [0.2, 0.25) is 5.95 Å². The zero-order valence-corrected chi connectivity index (χ0v) is 7.93. The van der Waals surface area contributed by atoms with Crippen molar-refractivity contribution in [2.45, 2.75) is 12.8 Å². The molecule has 82 valence electrons. The third kappa shape index (κ3) is 2.82. The Bertz CT molecular complexity index is 398. The van der Waals surface area contributed by atoms with Crippen LogP contribution in [0.2, 0.25) is 5.15 Å². The van der Waals surface area contributed by atoms with Gasteiger partial charge in [-0.25, -0.2) is 13.8 Å². The Morgan fingerprint density at radius 2 is 2.20 bits per heavy atom. The fourth-order valence-corrected chi connectivity index (χ4v) is 1.29. The maximum Gasteiger partial charge on any atom is 0.307 e. The van der Waals surface area contributed by atoms with Crippen molar-refractivity contribution in [3.63, 3.8) is 0 Å². The number of carboxylic acid groups (broad SMARTS) is 1. The summed E-state index contributed by atoms with van der Waals surface area (Å²) < 4.78 is 37.7. The van der Waals surface area contributed by atoms with Crippen molar-refractivity contribution in [3.8, 4) is 0 Å². The predicted octanol–water partition coefficient (Wildman–Crippen LogP) is 2.44. The monoisotopic (exact) mass is 239 g/mol. The molecule has 0 fully saturated rings. The summed E-state index contributed by atoms with van der Waals surface area (Å²) in [4.78, 5) is 13.3. The van der Waals surface area contributed by atoms with Gasteiger partial charge in [-0.05, 0) is 11.6 Å². The van der Waals surface area contributed by atoms with E-state index in [2.05, 4.69) is 4.98 Å². The number of nitrogens with zero attached hydrogens (tertiary/aromatic N) is 1. The summed E-state index contributed by atoms with van der Waals surface area (Å²) in [6.07, 6.45) is -3.84. The SMILES string of the molecule is O=C(O)Cc1cc(Cl)nc(F)c1C(F)F. The topological polar surface area (TPSA) is 50.2 Å². The number of aromatic nitrogens is 1. The molecule has 0 aliphatic carbocycles. The van der Waals surface area contributed by atoms with Crippen molar-refractivity contribution in [3.05, 3.63) is 28.3 Å². The van der Waals surface area contributed by atoms with Gasteiger partial charge in [-0.1, -0.05) is 11.6 Å². The van der Waals surface area contributed by atoms with Gasteiger partial charge >= 0.3 is 5.97 Å². The molecule has 1 aromatic rings. The number of carboxylic acids is 1. The molecule has 0 bridgehead atoms. The van der Waals surface area contributed by atoms with Crippen LogP contribution in [0.3, 0.4) is 0 Å². The average molecular weight is 240 g/mol. The molecule has 1 rings (SSSR count). The van der Waals surface area contributed by atoms with E-state index in [1.165, 1.54) is 0 Å². The summed E-state index contributed by atoms with van der Waals surface area (Å²) in [6, 6.07) is 0.917. The van der Waals surface area contributed by atoms with E-state index in [0.717, 1.165) is 6.07 Å². The Balaban J connectivity index is 3.26. The van der Waals surface area contributed by atoms with Gasteiger partial charge in [0.1, 0.15) is 5.15 Å². The minimum Gasteiger partial charge on any atom is -0.481 e. The molecule has 3 nitrogen and oxygen atoms in total. The molecule has 0 aromatic carbocycles. The van der Waals surface area contributed by atoms with Gasteiger partial charge in [-0.15, -0.1) is 0 Å². The third-order valence-electron chi connectivity index (χ3n) is 1.63. The molecule has 0 saturated carbocycles. The highest BCUT2D eigenvalue weighted by atomic mass is 35.5. The molecule has 0 unspecified atom stereocenters. The van der Waals surface area contributed by atoms with Crippen molar-refractivity contribution in [2.75, 3.05) is 0 Å². The summed E-state index contributed by atoms with van der Waals surface area (Å²) in [5.41, 5.74) is -1.38. The average Bonchev–Trinajstić information content (AvgIpc) is 1.99. The van der Waals surface area contributed by atoms with Crippen LogP contribution in [0.15, 0.2) is 6.07 Å². The number of pyridine rings is 1. The van der Waals surface area contributed by atoms with E-state index in [-0.39, 0.29) is 10.7 Å². The first-order valence-electron chi connectivity index (χ1n) is 3.76. The van der Waals surface area contributed by atoms with Crippen LogP contribution in [0, 0.1) is 5.95 Å². The van der Waals surface area contributed by atoms with Crippen molar-refractivity contribution >= 4 is 17.6 Å². The van der Waals surface area contributed by atoms with Crippen LogP contribution < -0.4 is 0 Å². The van der Waals surface area contributed by atoms with E-state index in [1.807, 2.05) is 0 Å². The van der Waals surface area contributed by atoms with Crippen molar-refractivity contribution in [2.24, 2.45) is 0 Å². The molecule has 0 radical (unpaired) electrons. The first-order valence-corrected chi connectivity index (χ1v) is 4.14. The van der Waals surface area contributed by atoms with Crippen LogP contribution in [-0.4, -0.2) is 16.1 Å². The fraction of sp³-hybridized carbons (Fsp3) is 0.250. The van der Waals surface area contributed by atoms with Crippen molar-refractivity contribution in [1.29, 1.82) is 0 Å². The van der Waals surface area contributed by atoms with Crippen LogP contribution in [0.5, 0.6) is 0 Å². The third-order valence-corrected chi connectivity index (χ3v) is 1.82. The summed E-state index contributed by atoms with van der Waals surface area (Å²) in [7, 11) is 0. The fourth-order valence-electron chi connectivity index (χ4n) is 1.08. The van der Waals surface area contributed by atoms with E-state index < -0.39 is 30.3 Å². The molecule has 15 heavy (non-hydrogen) atoms. The number of aliphatic carboxylic acids is 1. The van der Waals surface area contributed by atoms with Gasteiger partial charge in [0, 0.05) is 0 Å². The molecule has 0 amide bonds. The van der Waals surface area contributed by atoms with Crippen LogP contribution in [0.1, 0.15) is 17.6 Å². The largest absolute Gasteiger partial charge is 0.481 e. The minimum atomic E-state index is -3.12. The summed E-state index contributed by atoms with van der Waals surface area (Å²) in [6.45, 7) is 0. The Kier molecular flexibility index (Phi) is 3.52. The van der Waals surface area contributed by atoms with Gasteiger partial charge in [0.15, 0.2) is 0 Å². The quantitative estimate of drug-likeness (QED) is 0.824. The Labute approximate surface area is 87.5 Å². The van der Waals surface area contributed by atoms with E-state index in [0.29, 0.717) is 0 Å². The van der Waals surface area contributed by atoms with Crippen LogP contribution in [0.4, 0.5) is 13.2 Å². The zero-order chi connectivity index (χ0) is 11.6. The normalized spacial score (nSPS) is 10.7. The highest BCUT2D eigenvalue weighted by Crippen LogP contribution is 2.27. The molecule has 0 atom stereocenters. The first-order chi connectivity index (χ1) is 6.91. The number of alkyl halides is 2. The predicted molar refractivity (Wildman–Crippen MR) is 45.5 cm³/mol. The lowest BCUT2D eigenvalue weighted by atomic mass is 10.1. The first kappa shape index (κ1) is 11.8. The van der Waals surface area contributed by atoms with Gasteiger partial charge in [-0.3, -0.25) is 4.79 Å². The number of hydrogen-bond donors (Lipinski definition) is 1. The highest BCUT2D eigenvalue weighted by Gasteiger charge is 2.21. The summed E-state index contributed by atoms with van der Waals surface area (Å²) in [5, 5.41) is 8.07. The van der Waals surface area contributed by atoms with E-state index in [1.54, 1.807) is 0 Å². The molecule has 1 N–H and O–H groups in total. The van der Waals surface area contributed by atoms with Crippen molar-refractivity contribution < 1.29 is 23.1 Å². The maximum atomic E-state index is 12.9. The lowest BCUT2D eigenvalue weighted by Gasteiger charge is -2.07.